The molecule has 3 aliphatic carbocycles. The average Bonchev–Trinajstić information content (AvgIpc) is 2.78. The monoisotopic (exact) mass is 384 g/mol. The zero-order valence-electron chi connectivity index (χ0n) is 18.3. The van der Waals surface area contributed by atoms with Crippen molar-refractivity contribution in [3.8, 4) is 0 Å². The SMILES string of the molecule is C1CCCC2NC3CCCCCC4NC5CCCCCCC5B(C2CCC1)C34. The maximum absolute atomic E-state index is 4.33. The molecule has 2 N–H and O–H groups in total. The Hall–Kier alpha value is -0.0151. The van der Waals surface area contributed by atoms with Gasteiger partial charge in [0.2, 0.25) is 0 Å². The van der Waals surface area contributed by atoms with Crippen molar-refractivity contribution in [2.24, 2.45) is 0 Å². The molecular formula is C25H45BN2. The first-order valence-electron chi connectivity index (χ1n) is 13.4. The molecule has 0 bridgehead atoms. The van der Waals surface area contributed by atoms with Gasteiger partial charge in [-0.05, 0) is 43.1 Å². The molecule has 5 fully saturated rings. The predicted octanol–water partition coefficient (Wildman–Crippen LogP) is 6.34. The Labute approximate surface area is 174 Å². The summed E-state index contributed by atoms with van der Waals surface area (Å²) in [6.45, 7) is 1.03. The second kappa shape index (κ2) is 9.42. The van der Waals surface area contributed by atoms with Crippen LogP contribution in [0, 0.1) is 0 Å². The highest BCUT2D eigenvalue weighted by Crippen LogP contribution is 2.53. The van der Waals surface area contributed by atoms with Crippen molar-refractivity contribution in [3.63, 3.8) is 0 Å². The third-order valence-electron chi connectivity index (χ3n) is 9.64. The van der Waals surface area contributed by atoms with E-state index in [0.29, 0.717) is 0 Å². The van der Waals surface area contributed by atoms with E-state index in [0.717, 1.165) is 48.3 Å². The zero-order valence-corrected chi connectivity index (χ0v) is 18.3. The molecule has 0 aromatic carbocycles. The van der Waals surface area contributed by atoms with Crippen LogP contribution in [-0.4, -0.2) is 30.9 Å². The number of nitrogens with one attached hydrogen (secondary N) is 2. The normalized spacial score (nSPS) is 45.4. The number of hydrogen-bond donors (Lipinski definition) is 2. The summed E-state index contributed by atoms with van der Waals surface area (Å²) in [5.41, 5.74) is 0. The average molecular weight is 384 g/mol. The van der Waals surface area contributed by atoms with E-state index in [4.69, 9.17) is 0 Å². The maximum Gasteiger partial charge on any atom is 0.156 e. The number of fused-ring (bicyclic) bond motifs is 4. The Bertz CT molecular complexity index is 497. The van der Waals surface area contributed by atoms with E-state index < -0.39 is 0 Å². The summed E-state index contributed by atoms with van der Waals surface area (Å²) < 4.78 is 0. The highest BCUT2D eigenvalue weighted by atomic mass is 15.0. The van der Waals surface area contributed by atoms with Crippen LogP contribution in [0.4, 0.5) is 0 Å². The van der Waals surface area contributed by atoms with Crippen LogP contribution in [0.1, 0.15) is 116 Å². The van der Waals surface area contributed by atoms with Gasteiger partial charge in [0.15, 0.2) is 6.71 Å². The lowest BCUT2D eigenvalue weighted by atomic mass is 9.20. The first-order valence-corrected chi connectivity index (χ1v) is 13.4. The minimum atomic E-state index is 0.816. The van der Waals surface area contributed by atoms with Gasteiger partial charge in [0.25, 0.3) is 0 Å². The molecule has 2 nitrogen and oxygen atoms in total. The summed E-state index contributed by atoms with van der Waals surface area (Å²) in [4.78, 5) is 0. The minimum Gasteiger partial charge on any atom is -0.312 e. The van der Waals surface area contributed by atoms with E-state index in [1.165, 1.54) is 116 Å². The topological polar surface area (TPSA) is 24.1 Å². The molecule has 5 aliphatic rings. The Morgan fingerprint density at radius 1 is 0.393 bits per heavy atom. The molecule has 158 valence electrons. The standard InChI is InChI=1S/C25H45BN2/c1-2-7-13-19-21(15-9-3-1)27-23-17-11-6-12-18-24-25(23)26(19)20-14-8-4-5-10-16-22(20)28-24/h19-25,27-28H,1-18H2. The summed E-state index contributed by atoms with van der Waals surface area (Å²) in [7, 11) is 0. The maximum atomic E-state index is 4.33. The van der Waals surface area contributed by atoms with Gasteiger partial charge in [0, 0.05) is 24.2 Å². The lowest BCUT2D eigenvalue weighted by molar-refractivity contribution is 0.211. The van der Waals surface area contributed by atoms with Crippen LogP contribution in [-0.2, 0) is 0 Å². The predicted molar refractivity (Wildman–Crippen MR) is 122 cm³/mol. The Morgan fingerprint density at radius 2 is 0.750 bits per heavy atom. The molecular weight excluding hydrogens is 339 g/mol. The third kappa shape index (κ3) is 4.09. The molecule has 3 saturated carbocycles. The fourth-order valence-electron chi connectivity index (χ4n) is 8.47. The molecule has 3 heteroatoms. The fourth-order valence-corrected chi connectivity index (χ4v) is 8.47. The van der Waals surface area contributed by atoms with Gasteiger partial charge < -0.3 is 10.6 Å². The van der Waals surface area contributed by atoms with Gasteiger partial charge in [-0.3, -0.25) is 0 Å². The van der Waals surface area contributed by atoms with Crippen LogP contribution in [0.3, 0.4) is 0 Å². The van der Waals surface area contributed by atoms with Gasteiger partial charge in [0.05, 0.1) is 0 Å². The van der Waals surface area contributed by atoms with Crippen molar-refractivity contribution >= 4 is 6.71 Å². The molecule has 0 radical (unpaired) electrons. The van der Waals surface area contributed by atoms with Crippen molar-refractivity contribution < 1.29 is 0 Å². The molecule has 5 rings (SSSR count). The minimum absolute atomic E-state index is 0.816. The fraction of sp³-hybridized carbons (Fsp3) is 1.00. The van der Waals surface area contributed by atoms with Gasteiger partial charge in [-0.15, -0.1) is 0 Å². The third-order valence-corrected chi connectivity index (χ3v) is 9.64. The molecule has 2 heterocycles. The highest BCUT2D eigenvalue weighted by molar-refractivity contribution is 6.65. The lowest BCUT2D eigenvalue weighted by Crippen LogP contribution is -2.68. The molecule has 0 aromatic rings. The van der Waals surface area contributed by atoms with Crippen molar-refractivity contribution in [1.29, 1.82) is 0 Å². The van der Waals surface area contributed by atoms with Crippen LogP contribution in [0.5, 0.6) is 0 Å². The Balaban J connectivity index is 1.48. The molecule has 2 aliphatic heterocycles. The zero-order chi connectivity index (χ0) is 18.8. The lowest BCUT2D eigenvalue weighted by Gasteiger charge is -2.58. The van der Waals surface area contributed by atoms with E-state index in [1.54, 1.807) is 0 Å². The van der Waals surface area contributed by atoms with Crippen LogP contribution < -0.4 is 10.6 Å². The summed E-state index contributed by atoms with van der Waals surface area (Å²) in [6, 6.07) is 3.32. The first-order chi connectivity index (χ1) is 13.9. The molecule has 7 unspecified atom stereocenters. The smallest absolute Gasteiger partial charge is 0.156 e. The summed E-state index contributed by atoms with van der Waals surface area (Å²) in [5, 5.41) is 8.65. The van der Waals surface area contributed by atoms with Gasteiger partial charge >= 0.3 is 0 Å². The van der Waals surface area contributed by atoms with Crippen molar-refractivity contribution in [2.45, 2.75) is 157 Å². The van der Waals surface area contributed by atoms with E-state index in [2.05, 4.69) is 10.6 Å². The molecule has 0 spiro atoms. The molecule has 0 aromatic heterocycles. The van der Waals surface area contributed by atoms with E-state index in [-0.39, 0.29) is 0 Å². The highest BCUT2D eigenvalue weighted by Gasteiger charge is 2.55. The van der Waals surface area contributed by atoms with Crippen LogP contribution >= 0.6 is 0 Å². The summed E-state index contributed by atoms with van der Waals surface area (Å²) in [5.74, 6) is 2.90. The largest absolute Gasteiger partial charge is 0.312 e. The molecule has 0 amide bonds. The number of hydrogen-bond acceptors (Lipinski definition) is 2. The van der Waals surface area contributed by atoms with Crippen molar-refractivity contribution in [2.75, 3.05) is 0 Å². The summed E-state index contributed by atoms with van der Waals surface area (Å²) in [6.07, 6.45) is 26.8. The van der Waals surface area contributed by atoms with Gasteiger partial charge in [-0.25, -0.2) is 0 Å². The second-order valence-corrected chi connectivity index (χ2v) is 11.2. The van der Waals surface area contributed by atoms with Crippen molar-refractivity contribution in [1.82, 2.24) is 10.6 Å². The summed E-state index contributed by atoms with van der Waals surface area (Å²) >= 11 is 0. The van der Waals surface area contributed by atoms with E-state index in [9.17, 15) is 0 Å². The van der Waals surface area contributed by atoms with E-state index in [1.807, 2.05) is 0 Å². The molecule has 28 heavy (non-hydrogen) atoms. The van der Waals surface area contributed by atoms with Gasteiger partial charge in [-0.1, -0.05) is 89.9 Å². The van der Waals surface area contributed by atoms with Crippen LogP contribution in [0.25, 0.3) is 0 Å². The van der Waals surface area contributed by atoms with Crippen LogP contribution in [0.15, 0.2) is 0 Å². The Morgan fingerprint density at radius 3 is 1.25 bits per heavy atom. The first kappa shape index (κ1) is 19.9. The number of rotatable bonds is 0. The molecule has 7 atom stereocenters. The van der Waals surface area contributed by atoms with Gasteiger partial charge in [0.1, 0.15) is 0 Å². The van der Waals surface area contributed by atoms with Crippen molar-refractivity contribution in [3.05, 3.63) is 0 Å². The van der Waals surface area contributed by atoms with Crippen LogP contribution in [0.2, 0.25) is 17.5 Å². The Kier molecular flexibility index (Phi) is 6.70. The second-order valence-electron chi connectivity index (χ2n) is 11.2. The quantitative estimate of drug-likeness (QED) is 0.477. The molecule has 2 saturated heterocycles. The van der Waals surface area contributed by atoms with Gasteiger partial charge in [-0.2, -0.15) is 0 Å². The van der Waals surface area contributed by atoms with E-state index >= 15 is 0 Å².